The second-order valence-electron chi connectivity index (χ2n) is 10.4. The van der Waals surface area contributed by atoms with E-state index >= 15 is 0 Å². The van der Waals surface area contributed by atoms with E-state index in [0.29, 0.717) is 11.3 Å². The van der Waals surface area contributed by atoms with Crippen LogP contribution in [0.15, 0.2) is 48.9 Å². The number of carbonyl (C=O) groups excluding carboxylic acids is 1. The van der Waals surface area contributed by atoms with Gasteiger partial charge in [0.15, 0.2) is 0 Å². The van der Waals surface area contributed by atoms with Gasteiger partial charge in [-0.3, -0.25) is 19.1 Å². The van der Waals surface area contributed by atoms with E-state index in [-0.39, 0.29) is 13.3 Å². The van der Waals surface area contributed by atoms with Crippen molar-refractivity contribution in [1.82, 2.24) is 14.3 Å². The minimum atomic E-state index is -0.429. The molecule has 5 nitrogen and oxygen atoms in total. The first-order valence-corrected chi connectivity index (χ1v) is 13.4. The van der Waals surface area contributed by atoms with Gasteiger partial charge in [-0.2, -0.15) is 0 Å². The molecule has 0 bridgehead atoms. The number of carbonyl (C=O) groups is 1. The van der Waals surface area contributed by atoms with E-state index in [1.165, 1.54) is 23.8 Å². The van der Waals surface area contributed by atoms with Crippen LogP contribution in [0.25, 0.3) is 10.8 Å². The number of amides is 1. The van der Waals surface area contributed by atoms with Crippen LogP contribution in [0.5, 0.6) is 0 Å². The predicted molar refractivity (Wildman–Crippen MR) is 146 cm³/mol. The molecular weight excluding hydrogens is 452 g/mol. The summed E-state index contributed by atoms with van der Waals surface area (Å²) in [5.41, 5.74) is 3.98. The predicted octanol–water partition coefficient (Wildman–Crippen LogP) is 6.30. The standard InChI is InChI=1S/C28H32N4OS.CH4/c1-3-6-22-21-8-5-4-7-20(21)17-30-24(22)19-32-25-18-29-14-9-23(25)28(26(32)33)12-15-31(16-13-28)34-27(2)10-11-27;/h4-5,7-9,14,17-18H,3,6,10-13,15-16,19H2,1-2H3;1H4. The summed E-state index contributed by atoms with van der Waals surface area (Å²) >= 11 is 2.01. The number of piperidine rings is 1. The molecule has 3 aliphatic rings. The van der Waals surface area contributed by atoms with Crippen LogP contribution < -0.4 is 4.90 Å². The zero-order valence-corrected chi connectivity index (χ0v) is 20.9. The lowest BCUT2D eigenvalue weighted by Crippen LogP contribution is -2.47. The van der Waals surface area contributed by atoms with E-state index in [4.69, 9.17) is 4.98 Å². The fourth-order valence-electron chi connectivity index (χ4n) is 5.75. The van der Waals surface area contributed by atoms with Gasteiger partial charge >= 0.3 is 0 Å². The van der Waals surface area contributed by atoms with Crippen LogP contribution in [0.1, 0.15) is 70.2 Å². The third-order valence-electron chi connectivity index (χ3n) is 7.94. The molecule has 6 rings (SSSR count). The van der Waals surface area contributed by atoms with Crippen molar-refractivity contribution in [1.29, 1.82) is 0 Å². The summed E-state index contributed by atoms with van der Waals surface area (Å²) in [4.78, 5) is 25.4. The molecule has 2 fully saturated rings. The molecule has 1 aromatic carbocycles. The summed E-state index contributed by atoms with van der Waals surface area (Å²) in [6.07, 6.45) is 12.0. The SMILES string of the molecule is C.CCCc1c(CN2C(=O)C3(CCN(SC4(C)CC4)CC3)c3ccncc32)ncc2ccccc12. The van der Waals surface area contributed by atoms with Crippen LogP contribution in [0, 0.1) is 0 Å². The molecule has 0 unspecified atom stereocenters. The Hall–Kier alpha value is -2.44. The Morgan fingerprint density at radius 1 is 1.06 bits per heavy atom. The van der Waals surface area contributed by atoms with Gasteiger partial charge < -0.3 is 4.90 Å². The molecule has 0 N–H and O–H groups in total. The summed E-state index contributed by atoms with van der Waals surface area (Å²) in [6.45, 7) is 6.98. The van der Waals surface area contributed by atoms with Crippen molar-refractivity contribution in [3.8, 4) is 0 Å². The Balaban J connectivity index is 0.00000253. The summed E-state index contributed by atoms with van der Waals surface area (Å²) < 4.78 is 2.93. The van der Waals surface area contributed by atoms with Crippen molar-refractivity contribution in [3.63, 3.8) is 0 Å². The summed E-state index contributed by atoms with van der Waals surface area (Å²) in [5, 5.41) is 2.41. The Morgan fingerprint density at radius 3 is 2.57 bits per heavy atom. The number of benzene rings is 1. The van der Waals surface area contributed by atoms with Gasteiger partial charge in [-0.1, -0.05) is 57.0 Å². The van der Waals surface area contributed by atoms with Crippen molar-refractivity contribution >= 4 is 34.3 Å². The first-order valence-electron chi connectivity index (χ1n) is 12.6. The van der Waals surface area contributed by atoms with Crippen molar-refractivity contribution in [2.24, 2.45) is 0 Å². The number of aryl methyl sites for hydroxylation is 1. The molecule has 1 saturated carbocycles. The van der Waals surface area contributed by atoms with Crippen LogP contribution in [0.3, 0.4) is 0 Å². The fourth-order valence-corrected chi connectivity index (χ4v) is 7.02. The number of aromatic nitrogens is 2. The molecule has 3 aromatic rings. The maximum atomic E-state index is 14.1. The monoisotopic (exact) mass is 488 g/mol. The second kappa shape index (κ2) is 9.21. The molecule has 1 amide bonds. The van der Waals surface area contributed by atoms with Crippen LogP contribution in [-0.4, -0.2) is 38.0 Å². The molecule has 2 aliphatic heterocycles. The summed E-state index contributed by atoms with van der Waals surface area (Å²) in [6, 6.07) is 10.5. The highest BCUT2D eigenvalue weighted by Gasteiger charge is 2.53. The second-order valence-corrected chi connectivity index (χ2v) is 12.0. The molecule has 35 heavy (non-hydrogen) atoms. The van der Waals surface area contributed by atoms with Crippen LogP contribution in [-0.2, 0) is 23.2 Å². The smallest absolute Gasteiger partial charge is 0.238 e. The molecule has 0 radical (unpaired) electrons. The molecule has 2 aromatic heterocycles. The first-order chi connectivity index (χ1) is 16.5. The van der Waals surface area contributed by atoms with Crippen LogP contribution >= 0.6 is 11.9 Å². The topological polar surface area (TPSA) is 49.3 Å². The lowest BCUT2D eigenvalue weighted by atomic mass is 9.74. The maximum Gasteiger partial charge on any atom is 0.238 e. The van der Waals surface area contributed by atoms with Gasteiger partial charge in [-0.25, -0.2) is 0 Å². The van der Waals surface area contributed by atoms with Gasteiger partial charge in [-0.05, 0) is 61.6 Å². The quantitative estimate of drug-likeness (QED) is 0.381. The lowest BCUT2D eigenvalue weighted by Gasteiger charge is -2.38. The molecule has 6 heteroatoms. The molecular formula is C29H36N4OS. The van der Waals surface area contributed by atoms with Gasteiger partial charge in [0.1, 0.15) is 0 Å². The van der Waals surface area contributed by atoms with Gasteiger partial charge in [0.25, 0.3) is 0 Å². The highest BCUT2D eigenvalue weighted by Crippen LogP contribution is 2.53. The Morgan fingerprint density at radius 2 is 1.83 bits per heavy atom. The zero-order chi connectivity index (χ0) is 23.3. The van der Waals surface area contributed by atoms with E-state index in [9.17, 15) is 4.79 Å². The molecule has 184 valence electrons. The van der Waals surface area contributed by atoms with Gasteiger partial charge in [0.05, 0.1) is 29.5 Å². The molecule has 1 saturated heterocycles. The van der Waals surface area contributed by atoms with Crippen molar-refractivity contribution < 1.29 is 4.79 Å². The number of hydrogen-bond donors (Lipinski definition) is 0. The number of pyridine rings is 2. The van der Waals surface area contributed by atoms with Crippen molar-refractivity contribution in [2.75, 3.05) is 18.0 Å². The van der Waals surface area contributed by atoms with Crippen molar-refractivity contribution in [2.45, 2.75) is 76.5 Å². The Kier molecular flexibility index (Phi) is 6.39. The van der Waals surface area contributed by atoms with E-state index < -0.39 is 5.41 Å². The third kappa shape index (κ3) is 4.15. The van der Waals surface area contributed by atoms with E-state index in [2.05, 4.69) is 53.5 Å². The number of anilines is 1. The first kappa shape index (κ1) is 24.3. The number of nitrogens with zero attached hydrogens (tertiary/aromatic N) is 4. The van der Waals surface area contributed by atoms with Gasteiger partial charge in [0.2, 0.25) is 5.91 Å². The number of fused-ring (bicyclic) bond motifs is 3. The summed E-state index contributed by atoms with van der Waals surface area (Å²) in [5.74, 6) is 0.232. The minimum absolute atomic E-state index is 0. The number of rotatable bonds is 6. The highest BCUT2D eigenvalue weighted by molar-refractivity contribution is 7.98. The lowest BCUT2D eigenvalue weighted by molar-refractivity contribution is -0.124. The molecule has 1 spiro atoms. The van der Waals surface area contributed by atoms with Crippen LogP contribution in [0.2, 0.25) is 0 Å². The molecule has 1 aliphatic carbocycles. The highest BCUT2D eigenvalue weighted by atomic mass is 32.2. The van der Waals surface area contributed by atoms with E-state index in [1.807, 2.05) is 35.4 Å². The summed E-state index contributed by atoms with van der Waals surface area (Å²) in [7, 11) is 0. The molecule has 0 atom stereocenters. The fraction of sp³-hybridized carbons (Fsp3) is 0.483. The molecule has 4 heterocycles. The average Bonchev–Trinajstić information content (AvgIpc) is 3.55. The zero-order valence-electron chi connectivity index (χ0n) is 20.1. The van der Waals surface area contributed by atoms with E-state index in [0.717, 1.165) is 61.1 Å². The largest absolute Gasteiger partial charge is 0.304 e. The van der Waals surface area contributed by atoms with E-state index in [1.54, 1.807) is 0 Å². The van der Waals surface area contributed by atoms with Crippen LogP contribution in [0.4, 0.5) is 5.69 Å². The normalized spacial score (nSPS) is 20.2. The maximum absolute atomic E-state index is 14.1. The Labute approximate surface area is 213 Å². The number of hydrogen-bond acceptors (Lipinski definition) is 5. The minimum Gasteiger partial charge on any atom is -0.304 e. The third-order valence-corrected chi connectivity index (χ3v) is 9.41. The van der Waals surface area contributed by atoms with Crippen molar-refractivity contribution in [3.05, 3.63) is 65.7 Å². The Bertz CT molecular complexity index is 1250. The van der Waals surface area contributed by atoms with Gasteiger partial charge in [0, 0.05) is 35.6 Å². The van der Waals surface area contributed by atoms with Gasteiger partial charge in [-0.15, -0.1) is 0 Å². The average molecular weight is 489 g/mol.